The molecule has 0 spiro atoms. The van der Waals surface area contributed by atoms with Crippen LogP contribution in [0.3, 0.4) is 0 Å². The van der Waals surface area contributed by atoms with Gasteiger partial charge in [0.05, 0.1) is 5.92 Å². The molecule has 7 heteroatoms. The average Bonchev–Trinajstić information content (AvgIpc) is 3.18. The first-order valence-electron chi connectivity index (χ1n) is 10.6. The molecule has 2 saturated heterocycles. The lowest BCUT2D eigenvalue weighted by Crippen LogP contribution is -2.51. The van der Waals surface area contributed by atoms with Crippen molar-refractivity contribution >= 4 is 23.0 Å². The van der Waals surface area contributed by atoms with E-state index in [4.69, 9.17) is 10.2 Å². The van der Waals surface area contributed by atoms with Crippen LogP contribution < -0.4 is 16.0 Å². The summed E-state index contributed by atoms with van der Waals surface area (Å²) in [6.45, 7) is 5.18. The molecule has 1 aromatic carbocycles. The molecule has 1 aromatic heterocycles. The van der Waals surface area contributed by atoms with Gasteiger partial charge in [-0.1, -0.05) is 12.1 Å². The second kappa shape index (κ2) is 8.92. The van der Waals surface area contributed by atoms with E-state index in [0.717, 1.165) is 75.4 Å². The second-order valence-corrected chi connectivity index (χ2v) is 7.95. The van der Waals surface area contributed by atoms with Crippen LogP contribution in [0.2, 0.25) is 0 Å². The normalized spacial score (nSPS) is 21.9. The van der Waals surface area contributed by atoms with Gasteiger partial charge in [0.2, 0.25) is 5.91 Å². The van der Waals surface area contributed by atoms with Crippen molar-refractivity contribution in [2.75, 3.05) is 44.2 Å². The number of oxazole rings is 1. The Hall–Kier alpha value is -2.12. The van der Waals surface area contributed by atoms with Gasteiger partial charge < -0.3 is 20.4 Å². The molecular formula is C21H31N5O2. The summed E-state index contributed by atoms with van der Waals surface area (Å²) in [7, 11) is 0. The maximum Gasteiger partial charge on any atom is 0.298 e. The number of nitrogens with two attached hydrogens (primary N) is 1. The third-order valence-electron chi connectivity index (χ3n) is 6.04. The Morgan fingerprint density at radius 3 is 2.82 bits per heavy atom. The summed E-state index contributed by atoms with van der Waals surface area (Å²) < 4.78 is 5.92. The highest BCUT2D eigenvalue weighted by atomic mass is 16.4. The molecule has 2 aliphatic heterocycles. The molecule has 1 amide bonds. The fourth-order valence-electron chi connectivity index (χ4n) is 4.43. The number of likely N-dealkylation sites (tertiary alicyclic amines) is 1. The predicted molar refractivity (Wildman–Crippen MR) is 110 cm³/mol. The van der Waals surface area contributed by atoms with E-state index < -0.39 is 0 Å². The molecule has 3 heterocycles. The first kappa shape index (κ1) is 19.2. The number of para-hydroxylation sites is 2. The topological polar surface area (TPSA) is 87.6 Å². The number of anilines is 1. The maximum atomic E-state index is 12.4. The van der Waals surface area contributed by atoms with Crippen LogP contribution in [0.1, 0.15) is 32.1 Å². The lowest BCUT2D eigenvalue weighted by Gasteiger charge is -2.41. The van der Waals surface area contributed by atoms with E-state index in [9.17, 15) is 4.79 Å². The zero-order valence-electron chi connectivity index (χ0n) is 16.5. The van der Waals surface area contributed by atoms with Crippen molar-refractivity contribution in [3.63, 3.8) is 0 Å². The first-order chi connectivity index (χ1) is 13.7. The zero-order chi connectivity index (χ0) is 19.3. The minimum Gasteiger partial charge on any atom is -0.423 e. The third-order valence-corrected chi connectivity index (χ3v) is 6.04. The molecule has 28 heavy (non-hydrogen) atoms. The van der Waals surface area contributed by atoms with Crippen molar-refractivity contribution in [2.45, 2.75) is 38.1 Å². The van der Waals surface area contributed by atoms with E-state index in [0.29, 0.717) is 19.1 Å². The SMILES string of the molecule is NCCCNC(=O)C1CCCN(C2CCN(c3nc4ccccc4o3)CC2)C1. The summed E-state index contributed by atoms with van der Waals surface area (Å²) in [6, 6.07) is 9.19. The summed E-state index contributed by atoms with van der Waals surface area (Å²) in [5.74, 6) is 0.309. The van der Waals surface area contributed by atoms with Crippen LogP contribution in [0, 0.1) is 5.92 Å². The van der Waals surface area contributed by atoms with Crippen LogP contribution in [0.25, 0.3) is 11.1 Å². The fourth-order valence-corrected chi connectivity index (χ4v) is 4.43. The van der Waals surface area contributed by atoms with Gasteiger partial charge in [-0.15, -0.1) is 0 Å². The number of carbonyl (C=O) groups is 1. The molecule has 2 fully saturated rings. The monoisotopic (exact) mass is 385 g/mol. The molecule has 7 nitrogen and oxygen atoms in total. The number of nitrogens with one attached hydrogen (secondary N) is 1. The van der Waals surface area contributed by atoms with Crippen LogP contribution in [0.5, 0.6) is 0 Å². The van der Waals surface area contributed by atoms with Crippen molar-refractivity contribution in [1.29, 1.82) is 0 Å². The van der Waals surface area contributed by atoms with E-state index in [-0.39, 0.29) is 11.8 Å². The predicted octanol–water partition coefficient (Wildman–Crippen LogP) is 1.97. The molecule has 1 unspecified atom stereocenters. The van der Waals surface area contributed by atoms with Crippen LogP contribution >= 0.6 is 0 Å². The first-order valence-corrected chi connectivity index (χ1v) is 10.6. The quantitative estimate of drug-likeness (QED) is 0.740. The summed E-state index contributed by atoms with van der Waals surface area (Å²) in [5, 5.41) is 3.04. The molecule has 3 N–H and O–H groups in total. The summed E-state index contributed by atoms with van der Waals surface area (Å²) >= 11 is 0. The van der Waals surface area contributed by atoms with Crippen LogP contribution in [0.15, 0.2) is 28.7 Å². The van der Waals surface area contributed by atoms with Crippen LogP contribution in [0.4, 0.5) is 6.01 Å². The molecular weight excluding hydrogens is 354 g/mol. The molecule has 0 radical (unpaired) electrons. The van der Waals surface area contributed by atoms with Gasteiger partial charge in [0.25, 0.3) is 6.01 Å². The number of piperidine rings is 2. The van der Waals surface area contributed by atoms with Crippen LogP contribution in [-0.4, -0.2) is 61.1 Å². The fraction of sp³-hybridized carbons (Fsp3) is 0.619. The summed E-state index contributed by atoms with van der Waals surface area (Å²) in [5.41, 5.74) is 7.28. The molecule has 152 valence electrons. The lowest BCUT2D eigenvalue weighted by molar-refractivity contribution is -0.127. The van der Waals surface area contributed by atoms with Crippen molar-refractivity contribution in [3.8, 4) is 0 Å². The Morgan fingerprint density at radius 1 is 1.21 bits per heavy atom. The minimum atomic E-state index is 0.113. The molecule has 1 atom stereocenters. The van der Waals surface area contributed by atoms with Crippen LogP contribution in [-0.2, 0) is 4.79 Å². The third kappa shape index (κ3) is 4.31. The standard InChI is InChI=1S/C21H31N5O2/c22-10-4-11-23-20(27)16-5-3-12-26(15-16)17-8-13-25(14-9-17)21-24-18-6-1-2-7-19(18)28-21/h1-2,6-7,16-17H,3-5,8-15,22H2,(H,23,27). The summed E-state index contributed by atoms with van der Waals surface area (Å²) in [6.07, 6.45) is 5.10. The zero-order valence-corrected chi connectivity index (χ0v) is 16.5. The smallest absolute Gasteiger partial charge is 0.298 e. The highest BCUT2D eigenvalue weighted by Gasteiger charge is 2.32. The molecule has 2 aromatic rings. The number of hydrogen-bond acceptors (Lipinski definition) is 6. The van der Waals surface area contributed by atoms with Crippen molar-refractivity contribution in [2.24, 2.45) is 11.7 Å². The Labute approximate surface area is 166 Å². The molecule has 0 saturated carbocycles. The van der Waals surface area contributed by atoms with Crippen molar-refractivity contribution < 1.29 is 9.21 Å². The van der Waals surface area contributed by atoms with Gasteiger partial charge in [0.15, 0.2) is 5.58 Å². The number of hydrogen-bond donors (Lipinski definition) is 2. The van der Waals surface area contributed by atoms with Gasteiger partial charge in [0.1, 0.15) is 5.52 Å². The summed E-state index contributed by atoms with van der Waals surface area (Å²) in [4.78, 5) is 21.8. The largest absolute Gasteiger partial charge is 0.423 e. The Balaban J connectivity index is 1.30. The Kier molecular flexibility index (Phi) is 6.12. The Morgan fingerprint density at radius 2 is 2.04 bits per heavy atom. The average molecular weight is 386 g/mol. The van der Waals surface area contributed by atoms with Gasteiger partial charge in [-0.2, -0.15) is 4.98 Å². The van der Waals surface area contributed by atoms with Gasteiger partial charge in [0, 0.05) is 32.2 Å². The highest BCUT2D eigenvalue weighted by molar-refractivity contribution is 5.79. The van der Waals surface area contributed by atoms with E-state index in [1.807, 2.05) is 24.3 Å². The van der Waals surface area contributed by atoms with Gasteiger partial charge in [-0.3, -0.25) is 9.69 Å². The number of amides is 1. The number of fused-ring (bicyclic) bond motifs is 1. The minimum absolute atomic E-state index is 0.113. The number of aromatic nitrogens is 1. The van der Waals surface area contributed by atoms with E-state index in [1.54, 1.807) is 0 Å². The number of rotatable bonds is 6. The van der Waals surface area contributed by atoms with Gasteiger partial charge in [-0.05, 0) is 57.3 Å². The molecule has 0 bridgehead atoms. The maximum absolute atomic E-state index is 12.4. The second-order valence-electron chi connectivity index (χ2n) is 7.95. The molecule has 2 aliphatic rings. The molecule has 4 rings (SSSR count). The highest BCUT2D eigenvalue weighted by Crippen LogP contribution is 2.28. The number of carbonyl (C=O) groups excluding carboxylic acids is 1. The van der Waals surface area contributed by atoms with Gasteiger partial charge >= 0.3 is 0 Å². The molecule has 0 aliphatic carbocycles. The van der Waals surface area contributed by atoms with Gasteiger partial charge in [-0.25, -0.2) is 0 Å². The lowest BCUT2D eigenvalue weighted by atomic mass is 9.93. The van der Waals surface area contributed by atoms with E-state index >= 15 is 0 Å². The number of benzene rings is 1. The van der Waals surface area contributed by atoms with Crippen molar-refractivity contribution in [3.05, 3.63) is 24.3 Å². The number of nitrogens with zero attached hydrogens (tertiary/aromatic N) is 3. The van der Waals surface area contributed by atoms with E-state index in [1.165, 1.54) is 0 Å². The van der Waals surface area contributed by atoms with Crippen molar-refractivity contribution in [1.82, 2.24) is 15.2 Å². The van der Waals surface area contributed by atoms with E-state index in [2.05, 4.69) is 20.1 Å². The Bertz CT molecular complexity index is 751.